The Morgan fingerprint density at radius 2 is 1.64 bits per heavy atom. The van der Waals surface area contributed by atoms with Crippen LogP contribution in [0, 0.1) is 0 Å². The number of ketones is 2. The quantitative estimate of drug-likeness (QED) is 0.450. The fourth-order valence-corrected chi connectivity index (χ4v) is 2.48. The zero-order chi connectivity index (χ0) is 18.4. The van der Waals surface area contributed by atoms with Crippen LogP contribution in [-0.2, 0) is 16.0 Å². The molecule has 0 unspecified atom stereocenters. The number of carbonyl (C=O) groups excluding carboxylic acids is 2. The van der Waals surface area contributed by atoms with E-state index >= 15 is 0 Å². The average Bonchev–Trinajstić information content (AvgIpc) is 2.61. The van der Waals surface area contributed by atoms with Gasteiger partial charge in [-0.15, -0.1) is 0 Å². The van der Waals surface area contributed by atoms with Crippen molar-refractivity contribution in [3.63, 3.8) is 0 Å². The van der Waals surface area contributed by atoms with Crippen molar-refractivity contribution in [3.05, 3.63) is 59.2 Å². The highest BCUT2D eigenvalue weighted by atomic mass is 16.5. The molecule has 0 aliphatic heterocycles. The Morgan fingerprint density at radius 3 is 2.20 bits per heavy atom. The van der Waals surface area contributed by atoms with Crippen LogP contribution in [0.1, 0.15) is 27.9 Å². The van der Waals surface area contributed by atoms with E-state index in [0.29, 0.717) is 12.2 Å². The average molecular weight is 342 g/mol. The number of hydrogen-bond donors (Lipinski definition) is 1. The second-order valence-electron chi connectivity index (χ2n) is 5.37. The van der Waals surface area contributed by atoms with Crippen molar-refractivity contribution in [1.82, 2.24) is 0 Å². The SMILES string of the molecule is COc1cc(Cc2ccccc2)cc(C(=O)CC(=O)C(=O)O)c1OC. The summed E-state index contributed by atoms with van der Waals surface area (Å²) in [5, 5.41) is 8.70. The molecule has 0 fully saturated rings. The Kier molecular flexibility index (Phi) is 5.89. The normalized spacial score (nSPS) is 10.2. The van der Waals surface area contributed by atoms with Crippen LogP contribution in [-0.4, -0.2) is 36.9 Å². The number of rotatable bonds is 8. The van der Waals surface area contributed by atoms with Crippen LogP contribution in [0.2, 0.25) is 0 Å². The second kappa shape index (κ2) is 8.10. The van der Waals surface area contributed by atoms with Crippen LogP contribution in [0.4, 0.5) is 0 Å². The summed E-state index contributed by atoms with van der Waals surface area (Å²) in [5.74, 6) is -2.90. The largest absolute Gasteiger partial charge is 0.493 e. The minimum absolute atomic E-state index is 0.127. The molecule has 0 spiro atoms. The molecule has 0 saturated carbocycles. The van der Waals surface area contributed by atoms with Crippen molar-refractivity contribution >= 4 is 17.5 Å². The molecule has 0 saturated heterocycles. The summed E-state index contributed by atoms with van der Waals surface area (Å²) in [6.07, 6.45) is -0.183. The topological polar surface area (TPSA) is 89.9 Å². The van der Waals surface area contributed by atoms with Gasteiger partial charge in [0.05, 0.1) is 26.2 Å². The lowest BCUT2D eigenvalue weighted by atomic mass is 9.98. The van der Waals surface area contributed by atoms with Gasteiger partial charge in [-0.3, -0.25) is 9.59 Å². The van der Waals surface area contributed by atoms with Crippen molar-refractivity contribution < 1.29 is 29.0 Å². The van der Waals surface area contributed by atoms with Gasteiger partial charge in [0.2, 0.25) is 5.78 Å². The van der Waals surface area contributed by atoms with Crippen LogP contribution in [0.5, 0.6) is 11.5 Å². The predicted molar refractivity (Wildman–Crippen MR) is 90.4 cm³/mol. The molecule has 25 heavy (non-hydrogen) atoms. The molecular weight excluding hydrogens is 324 g/mol. The molecule has 0 aliphatic rings. The van der Waals surface area contributed by atoms with E-state index in [4.69, 9.17) is 14.6 Å². The maximum absolute atomic E-state index is 12.4. The van der Waals surface area contributed by atoms with Crippen molar-refractivity contribution in [2.24, 2.45) is 0 Å². The van der Waals surface area contributed by atoms with Crippen molar-refractivity contribution in [2.75, 3.05) is 14.2 Å². The summed E-state index contributed by atoms with van der Waals surface area (Å²) in [6.45, 7) is 0. The van der Waals surface area contributed by atoms with E-state index in [1.165, 1.54) is 14.2 Å². The van der Waals surface area contributed by atoms with E-state index in [9.17, 15) is 14.4 Å². The lowest BCUT2D eigenvalue weighted by molar-refractivity contribution is -0.148. The molecular formula is C19H18O6. The molecule has 2 aromatic rings. The van der Waals surface area contributed by atoms with Crippen LogP contribution < -0.4 is 9.47 Å². The van der Waals surface area contributed by atoms with Gasteiger partial charge in [-0.2, -0.15) is 0 Å². The summed E-state index contributed by atoms with van der Waals surface area (Å²) >= 11 is 0. The number of aliphatic carboxylic acids is 1. The van der Waals surface area contributed by atoms with E-state index in [0.717, 1.165) is 11.1 Å². The summed E-state index contributed by atoms with van der Waals surface area (Å²) in [6, 6.07) is 13.0. The minimum atomic E-state index is -1.64. The van der Waals surface area contributed by atoms with Crippen molar-refractivity contribution in [1.29, 1.82) is 0 Å². The molecule has 1 N–H and O–H groups in total. The zero-order valence-corrected chi connectivity index (χ0v) is 13.9. The lowest BCUT2D eigenvalue weighted by Crippen LogP contribution is -2.18. The number of benzene rings is 2. The van der Waals surface area contributed by atoms with E-state index in [1.807, 2.05) is 30.3 Å². The fourth-order valence-electron chi connectivity index (χ4n) is 2.48. The molecule has 2 rings (SSSR count). The number of Topliss-reactive ketones (excluding diaryl/α,β-unsaturated/α-hetero) is 2. The third-order valence-corrected chi connectivity index (χ3v) is 3.65. The van der Waals surface area contributed by atoms with E-state index in [2.05, 4.69) is 0 Å². The van der Waals surface area contributed by atoms with Gasteiger partial charge in [0.15, 0.2) is 17.3 Å². The molecule has 0 aliphatic carbocycles. The molecule has 0 heterocycles. The number of methoxy groups -OCH3 is 2. The molecule has 2 aromatic carbocycles. The lowest BCUT2D eigenvalue weighted by Gasteiger charge is -2.14. The van der Waals surface area contributed by atoms with Gasteiger partial charge in [-0.05, 0) is 29.7 Å². The highest BCUT2D eigenvalue weighted by Crippen LogP contribution is 2.34. The fraction of sp³-hybridized carbons (Fsp3) is 0.211. The summed E-state index contributed by atoms with van der Waals surface area (Å²) in [5.41, 5.74) is 1.95. The first kappa shape index (κ1) is 18.2. The van der Waals surface area contributed by atoms with Crippen molar-refractivity contribution in [3.8, 4) is 11.5 Å². The maximum Gasteiger partial charge on any atom is 0.372 e. The first-order valence-electron chi connectivity index (χ1n) is 7.54. The Balaban J connectivity index is 2.42. The zero-order valence-electron chi connectivity index (χ0n) is 13.9. The predicted octanol–water partition coefficient (Wildman–Crippen LogP) is 2.52. The number of hydrogen-bond acceptors (Lipinski definition) is 5. The molecule has 0 aromatic heterocycles. The molecule has 0 atom stereocenters. The van der Waals surface area contributed by atoms with Crippen LogP contribution in [0.15, 0.2) is 42.5 Å². The van der Waals surface area contributed by atoms with Gasteiger partial charge in [-0.1, -0.05) is 30.3 Å². The number of ether oxygens (including phenoxy) is 2. The van der Waals surface area contributed by atoms with E-state index in [1.54, 1.807) is 12.1 Å². The van der Waals surface area contributed by atoms with Gasteiger partial charge < -0.3 is 14.6 Å². The summed E-state index contributed by atoms with van der Waals surface area (Å²) in [4.78, 5) is 34.5. The minimum Gasteiger partial charge on any atom is -0.493 e. The third-order valence-electron chi connectivity index (χ3n) is 3.65. The standard InChI is InChI=1S/C19H18O6/c1-24-17-10-13(8-12-6-4-3-5-7-12)9-14(18(17)25-2)15(20)11-16(21)19(22)23/h3-7,9-10H,8,11H2,1-2H3,(H,22,23). The smallest absolute Gasteiger partial charge is 0.372 e. The van der Waals surface area contributed by atoms with Gasteiger partial charge in [0.1, 0.15) is 0 Å². The van der Waals surface area contributed by atoms with E-state index in [-0.39, 0.29) is 11.3 Å². The Morgan fingerprint density at radius 1 is 0.960 bits per heavy atom. The van der Waals surface area contributed by atoms with Crippen LogP contribution >= 0.6 is 0 Å². The summed E-state index contributed by atoms with van der Waals surface area (Å²) < 4.78 is 10.5. The molecule has 130 valence electrons. The molecule has 0 radical (unpaired) electrons. The van der Waals surface area contributed by atoms with E-state index < -0.39 is 24.0 Å². The Bertz CT molecular complexity index is 795. The molecule has 6 heteroatoms. The van der Waals surface area contributed by atoms with Gasteiger partial charge >= 0.3 is 5.97 Å². The maximum atomic E-state index is 12.4. The highest BCUT2D eigenvalue weighted by Gasteiger charge is 2.23. The van der Waals surface area contributed by atoms with Crippen LogP contribution in [0.25, 0.3) is 0 Å². The Labute approximate surface area is 145 Å². The first-order chi connectivity index (χ1) is 12.0. The molecule has 0 bridgehead atoms. The second-order valence-corrected chi connectivity index (χ2v) is 5.37. The van der Waals surface area contributed by atoms with Crippen molar-refractivity contribution in [2.45, 2.75) is 12.8 Å². The third kappa shape index (κ3) is 4.44. The first-order valence-corrected chi connectivity index (χ1v) is 7.54. The summed E-state index contributed by atoms with van der Waals surface area (Å²) in [7, 11) is 2.82. The highest BCUT2D eigenvalue weighted by molar-refractivity contribution is 6.37. The van der Waals surface area contributed by atoms with Gasteiger partial charge in [0, 0.05) is 0 Å². The number of carboxylic acids is 1. The van der Waals surface area contributed by atoms with Gasteiger partial charge in [0.25, 0.3) is 0 Å². The Hall–Kier alpha value is -3.15. The molecule has 6 nitrogen and oxygen atoms in total. The monoisotopic (exact) mass is 342 g/mol. The number of carboxylic acid groups (broad SMARTS) is 1. The molecule has 0 amide bonds. The number of carbonyl (C=O) groups is 3. The van der Waals surface area contributed by atoms with Crippen LogP contribution in [0.3, 0.4) is 0 Å². The van der Waals surface area contributed by atoms with Gasteiger partial charge in [-0.25, -0.2) is 4.79 Å².